The van der Waals surface area contributed by atoms with Crippen molar-refractivity contribution in [3.05, 3.63) is 100 Å². The van der Waals surface area contributed by atoms with Crippen LogP contribution in [-0.4, -0.2) is 24.1 Å². The second kappa shape index (κ2) is 13.1. The molecule has 0 aliphatic rings. The molecule has 36 heavy (non-hydrogen) atoms. The molecule has 3 aromatic carbocycles. The zero-order valence-corrected chi connectivity index (χ0v) is 20.8. The van der Waals surface area contributed by atoms with E-state index in [4.69, 9.17) is 16.3 Å². The van der Waals surface area contributed by atoms with Crippen LogP contribution in [0, 0.1) is 17.2 Å². The number of nitriles is 1. The van der Waals surface area contributed by atoms with Gasteiger partial charge in [0.25, 0.3) is 11.8 Å². The SMILES string of the molecule is CC(C)CC(NC(=O)c1ccc(Cl)cc1)C(=O)N/N=C/c1ccccc1OCc1ccccc1C#N. The Hall–Kier alpha value is -4.15. The number of amides is 2. The van der Waals surface area contributed by atoms with Crippen LogP contribution in [-0.2, 0) is 11.4 Å². The van der Waals surface area contributed by atoms with Gasteiger partial charge in [0.05, 0.1) is 17.8 Å². The average molecular weight is 503 g/mol. The molecule has 0 fully saturated rings. The Labute approximate surface area is 215 Å². The van der Waals surface area contributed by atoms with E-state index in [1.54, 1.807) is 48.5 Å². The van der Waals surface area contributed by atoms with Crippen LogP contribution in [0.3, 0.4) is 0 Å². The van der Waals surface area contributed by atoms with E-state index in [2.05, 4.69) is 21.9 Å². The Morgan fingerprint density at radius 1 is 1.06 bits per heavy atom. The highest BCUT2D eigenvalue weighted by atomic mass is 35.5. The fourth-order valence-corrected chi connectivity index (χ4v) is 3.54. The second-order valence-electron chi connectivity index (χ2n) is 8.49. The normalized spacial score (nSPS) is 11.6. The van der Waals surface area contributed by atoms with Crippen LogP contribution >= 0.6 is 11.6 Å². The van der Waals surface area contributed by atoms with Crippen LogP contribution < -0.4 is 15.5 Å². The number of ether oxygens (including phenoxy) is 1. The lowest BCUT2D eigenvalue weighted by Crippen LogP contribution is -2.46. The average Bonchev–Trinajstić information content (AvgIpc) is 2.87. The zero-order chi connectivity index (χ0) is 25.9. The van der Waals surface area contributed by atoms with Crippen LogP contribution in [0.4, 0.5) is 0 Å². The molecule has 0 radical (unpaired) electrons. The van der Waals surface area contributed by atoms with Crippen molar-refractivity contribution < 1.29 is 14.3 Å². The third kappa shape index (κ3) is 7.69. The number of benzene rings is 3. The van der Waals surface area contributed by atoms with Gasteiger partial charge in [0.1, 0.15) is 18.4 Å². The Morgan fingerprint density at radius 3 is 2.47 bits per heavy atom. The first-order valence-electron chi connectivity index (χ1n) is 11.5. The molecular weight excluding hydrogens is 476 g/mol. The molecule has 1 atom stereocenters. The van der Waals surface area contributed by atoms with Crippen LogP contribution in [0.5, 0.6) is 5.75 Å². The standard InChI is InChI=1S/C28H27ClN4O3/c1-19(2)15-25(32-27(34)20-11-13-24(29)14-12-20)28(35)33-31-17-22-8-5-6-10-26(22)36-18-23-9-4-3-7-21(23)16-30/h3-14,17,19,25H,15,18H2,1-2H3,(H,32,34)(H,33,35)/b31-17+. The summed E-state index contributed by atoms with van der Waals surface area (Å²) in [5, 5.41) is 16.7. The largest absolute Gasteiger partial charge is 0.488 e. The van der Waals surface area contributed by atoms with E-state index >= 15 is 0 Å². The maximum Gasteiger partial charge on any atom is 0.262 e. The molecule has 184 valence electrons. The van der Waals surface area contributed by atoms with Gasteiger partial charge < -0.3 is 10.1 Å². The van der Waals surface area contributed by atoms with Gasteiger partial charge in [-0.1, -0.05) is 55.8 Å². The van der Waals surface area contributed by atoms with Gasteiger partial charge in [-0.2, -0.15) is 10.4 Å². The van der Waals surface area contributed by atoms with Crippen LogP contribution in [0.15, 0.2) is 77.9 Å². The Bertz CT molecular complexity index is 1270. The first kappa shape index (κ1) is 26.5. The molecule has 3 aromatic rings. The van der Waals surface area contributed by atoms with E-state index in [0.29, 0.717) is 33.9 Å². The fourth-order valence-electron chi connectivity index (χ4n) is 3.42. The molecule has 0 spiro atoms. The van der Waals surface area contributed by atoms with Gasteiger partial charge in [-0.3, -0.25) is 9.59 Å². The molecule has 0 aromatic heterocycles. The number of halogens is 1. The zero-order valence-electron chi connectivity index (χ0n) is 20.1. The topological polar surface area (TPSA) is 104 Å². The monoisotopic (exact) mass is 502 g/mol. The maximum atomic E-state index is 12.8. The lowest BCUT2D eigenvalue weighted by Gasteiger charge is -2.19. The van der Waals surface area contributed by atoms with E-state index in [-0.39, 0.29) is 18.4 Å². The van der Waals surface area contributed by atoms with E-state index in [0.717, 1.165) is 5.56 Å². The summed E-state index contributed by atoms with van der Waals surface area (Å²) in [6.07, 6.45) is 1.93. The number of para-hydroxylation sites is 1. The number of hydrazone groups is 1. The van der Waals surface area contributed by atoms with Crippen molar-refractivity contribution in [2.45, 2.75) is 32.9 Å². The third-order valence-corrected chi connectivity index (χ3v) is 5.51. The second-order valence-corrected chi connectivity index (χ2v) is 8.93. The van der Waals surface area contributed by atoms with Gasteiger partial charge in [-0.15, -0.1) is 0 Å². The molecule has 0 aliphatic carbocycles. The lowest BCUT2D eigenvalue weighted by molar-refractivity contribution is -0.123. The minimum atomic E-state index is -0.765. The van der Waals surface area contributed by atoms with Crippen molar-refractivity contribution in [3.63, 3.8) is 0 Å². The van der Waals surface area contributed by atoms with Crippen LogP contribution in [0.25, 0.3) is 0 Å². The molecule has 3 rings (SSSR count). The first-order chi connectivity index (χ1) is 17.4. The quantitative estimate of drug-likeness (QED) is 0.298. The Balaban J connectivity index is 1.65. The number of carbonyl (C=O) groups is 2. The maximum absolute atomic E-state index is 12.8. The minimum Gasteiger partial charge on any atom is -0.488 e. The predicted octanol–water partition coefficient (Wildman–Crippen LogP) is 5.09. The van der Waals surface area contributed by atoms with Crippen molar-refractivity contribution >= 4 is 29.6 Å². The van der Waals surface area contributed by atoms with Crippen molar-refractivity contribution in [2.75, 3.05) is 0 Å². The highest BCUT2D eigenvalue weighted by Gasteiger charge is 2.22. The van der Waals surface area contributed by atoms with Gasteiger partial charge in [0, 0.05) is 21.7 Å². The summed E-state index contributed by atoms with van der Waals surface area (Å²) in [4.78, 5) is 25.5. The van der Waals surface area contributed by atoms with Crippen molar-refractivity contribution in [3.8, 4) is 11.8 Å². The fraction of sp³-hybridized carbons (Fsp3) is 0.214. The van der Waals surface area contributed by atoms with Gasteiger partial charge >= 0.3 is 0 Å². The van der Waals surface area contributed by atoms with Gasteiger partial charge in [0.15, 0.2) is 0 Å². The number of rotatable bonds is 10. The van der Waals surface area contributed by atoms with E-state index in [1.165, 1.54) is 6.21 Å². The highest BCUT2D eigenvalue weighted by Crippen LogP contribution is 2.19. The third-order valence-electron chi connectivity index (χ3n) is 5.25. The number of carbonyl (C=O) groups excluding carboxylic acids is 2. The summed E-state index contributed by atoms with van der Waals surface area (Å²) in [6, 6.07) is 22.3. The molecule has 1 unspecified atom stereocenters. The number of hydrogen-bond acceptors (Lipinski definition) is 5. The van der Waals surface area contributed by atoms with Crippen molar-refractivity contribution in [1.29, 1.82) is 5.26 Å². The molecule has 0 bridgehead atoms. The van der Waals surface area contributed by atoms with Gasteiger partial charge in [-0.25, -0.2) is 5.43 Å². The Morgan fingerprint density at radius 2 is 1.75 bits per heavy atom. The van der Waals surface area contributed by atoms with Gasteiger partial charge in [-0.05, 0) is 54.8 Å². The first-order valence-corrected chi connectivity index (χ1v) is 11.8. The predicted molar refractivity (Wildman–Crippen MR) is 140 cm³/mol. The molecule has 2 N–H and O–H groups in total. The minimum absolute atomic E-state index is 0.167. The van der Waals surface area contributed by atoms with Gasteiger partial charge in [0.2, 0.25) is 0 Å². The number of nitrogens with zero attached hydrogens (tertiary/aromatic N) is 2. The summed E-state index contributed by atoms with van der Waals surface area (Å²) in [6.45, 7) is 4.15. The summed E-state index contributed by atoms with van der Waals surface area (Å²) in [5.41, 5.74) is 4.90. The molecular formula is C28H27ClN4O3. The smallest absolute Gasteiger partial charge is 0.262 e. The molecule has 0 heterocycles. The summed E-state index contributed by atoms with van der Waals surface area (Å²) in [5.74, 6) is -0.0740. The Kier molecular flexibility index (Phi) is 9.61. The van der Waals surface area contributed by atoms with Crippen LogP contribution in [0.2, 0.25) is 5.02 Å². The molecule has 0 aliphatic heterocycles. The lowest BCUT2D eigenvalue weighted by atomic mass is 10.0. The van der Waals surface area contributed by atoms with E-state index < -0.39 is 11.9 Å². The highest BCUT2D eigenvalue weighted by molar-refractivity contribution is 6.30. The summed E-state index contributed by atoms with van der Waals surface area (Å²) < 4.78 is 5.91. The molecule has 8 heteroatoms. The number of nitrogens with one attached hydrogen (secondary N) is 2. The molecule has 0 saturated heterocycles. The van der Waals surface area contributed by atoms with E-state index in [9.17, 15) is 14.9 Å². The van der Waals surface area contributed by atoms with Crippen molar-refractivity contribution in [1.82, 2.24) is 10.7 Å². The van der Waals surface area contributed by atoms with E-state index in [1.807, 2.05) is 38.1 Å². The van der Waals surface area contributed by atoms with Crippen LogP contribution in [0.1, 0.15) is 47.3 Å². The number of hydrogen-bond donors (Lipinski definition) is 2. The summed E-state index contributed by atoms with van der Waals surface area (Å²) in [7, 11) is 0. The molecule has 7 nitrogen and oxygen atoms in total. The summed E-state index contributed by atoms with van der Waals surface area (Å²) >= 11 is 5.89. The molecule has 0 saturated carbocycles. The molecule has 2 amide bonds. The van der Waals surface area contributed by atoms with Crippen molar-refractivity contribution in [2.24, 2.45) is 11.0 Å².